The van der Waals surface area contributed by atoms with Crippen LogP contribution in [-0.4, -0.2) is 17.9 Å². The van der Waals surface area contributed by atoms with Gasteiger partial charge < -0.3 is 11.1 Å². The highest BCUT2D eigenvalue weighted by atomic mass is 19.1. The molecule has 2 aromatic carbocycles. The lowest BCUT2D eigenvalue weighted by atomic mass is 10.0. The summed E-state index contributed by atoms with van der Waals surface area (Å²) in [5, 5.41) is 2.09. The Morgan fingerprint density at radius 1 is 0.958 bits per heavy atom. The number of amides is 2. The molecule has 0 aliphatic carbocycles. The van der Waals surface area contributed by atoms with Crippen molar-refractivity contribution in [3.8, 4) is 0 Å². The van der Waals surface area contributed by atoms with Crippen LogP contribution in [0.5, 0.6) is 0 Å². The van der Waals surface area contributed by atoms with Gasteiger partial charge in [0.05, 0.1) is 0 Å². The Labute approximate surface area is 134 Å². The van der Waals surface area contributed by atoms with Crippen molar-refractivity contribution < 1.29 is 27.2 Å². The average molecular weight is 340 g/mol. The van der Waals surface area contributed by atoms with Crippen molar-refractivity contribution in [3.05, 3.63) is 70.8 Å². The number of nitrogens with one attached hydrogen (secondary N) is 1. The maximum atomic E-state index is 13.6. The van der Waals surface area contributed by atoms with Crippen LogP contribution in [0.2, 0.25) is 0 Å². The van der Waals surface area contributed by atoms with E-state index >= 15 is 0 Å². The van der Waals surface area contributed by atoms with Gasteiger partial charge in [-0.15, -0.1) is 0 Å². The summed E-state index contributed by atoms with van der Waals surface area (Å²) in [6.45, 7) is 0. The molecule has 0 spiro atoms. The Morgan fingerprint density at radius 2 is 1.50 bits per heavy atom. The van der Waals surface area contributed by atoms with Crippen LogP contribution in [0.3, 0.4) is 0 Å². The van der Waals surface area contributed by atoms with Crippen LogP contribution in [-0.2, 0) is 11.2 Å². The third-order valence-electron chi connectivity index (χ3n) is 3.24. The van der Waals surface area contributed by atoms with E-state index < -0.39 is 46.7 Å². The second-order valence-electron chi connectivity index (χ2n) is 5.00. The van der Waals surface area contributed by atoms with Gasteiger partial charge in [0.25, 0.3) is 5.91 Å². The molecule has 0 aliphatic heterocycles. The van der Waals surface area contributed by atoms with Gasteiger partial charge in [-0.2, -0.15) is 0 Å². The number of rotatable bonds is 5. The highest BCUT2D eigenvalue weighted by Gasteiger charge is 2.24. The molecule has 2 amide bonds. The molecule has 0 unspecified atom stereocenters. The fourth-order valence-electron chi connectivity index (χ4n) is 2.07. The van der Waals surface area contributed by atoms with Crippen LogP contribution < -0.4 is 11.1 Å². The SMILES string of the molecule is NC(=O)[C@H](Cc1ccc(F)cc1)NC(=O)c1c(F)cc(F)cc1F. The summed E-state index contributed by atoms with van der Waals surface area (Å²) in [5.74, 6) is -6.69. The van der Waals surface area contributed by atoms with Crippen molar-refractivity contribution >= 4 is 11.8 Å². The number of hydrogen-bond acceptors (Lipinski definition) is 2. The molecule has 3 N–H and O–H groups in total. The molecule has 0 radical (unpaired) electrons. The lowest BCUT2D eigenvalue weighted by Gasteiger charge is -2.16. The fourth-order valence-corrected chi connectivity index (χ4v) is 2.07. The Bertz CT molecular complexity index is 755. The second kappa shape index (κ2) is 7.12. The van der Waals surface area contributed by atoms with Crippen LogP contribution in [0.25, 0.3) is 0 Å². The molecule has 0 fully saturated rings. The van der Waals surface area contributed by atoms with E-state index in [0.29, 0.717) is 17.7 Å². The number of hydrogen-bond donors (Lipinski definition) is 2. The van der Waals surface area contributed by atoms with Crippen molar-refractivity contribution in [1.29, 1.82) is 0 Å². The molecule has 0 saturated heterocycles. The quantitative estimate of drug-likeness (QED) is 0.818. The Hall–Kier alpha value is -2.90. The molecule has 8 heteroatoms. The average Bonchev–Trinajstić information content (AvgIpc) is 2.47. The molecular formula is C16H12F4N2O2. The van der Waals surface area contributed by atoms with Crippen LogP contribution in [0.15, 0.2) is 36.4 Å². The van der Waals surface area contributed by atoms with E-state index in [1.807, 2.05) is 0 Å². The van der Waals surface area contributed by atoms with Gasteiger partial charge in [0.15, 0.2) is 0 Å². The smallest absolute Gasteiger partial charge is 0.257 e. The van der Waals surface area contributed by atoms with E-state index in [2.05, 4.69) is 5.32 Å². The van der Waals surface area contributed by atoms with Crippen LogP contribution in [0.4, 0.5) is 17.6 Å². The number of carbonyl (C=O) groups excluding carboxylic acids is 2. The number of halogens is 4. The van der Waals surface area contributed by atoms with Gasteiger partial charge in [-0.25, -0.2) is 17.6 Å². The molecule has 4 nitrogen and oxygen atoms in total. The summed E-state index contributed by atoms with van der Waals surface area (Å²) in [6, 6.07) is 4.44. The van der Waals surface area contributed by atoms with Crippen molar-refractivity contribution in [1.82, 2.24) is 5.32 Å². The van der Waals surface area contributed by atoms with Crippen LogP contribution >= 0.6 is 0 Å². The predicted molar refractivity (Wildman–Crippen MR) is 76.9 cm³/mol. The largest absolute Gasteiger partial charge is 0.368 e. The number of primary amides is 1. The van der Waals surface area contributed by atoms with Crippen LogP contribution in [0, 0.1) is 23.3 Å². The molecular weight excluding hydrogens is 328 g/mol. The summed E-state index contributed by atoms with van der Waals surface area (Å²) in [6.07, 6.45) is -0.105. The zero-order chi connectivity index (χ0) is 17.9. The van der Waals surface area contributed by atoms with E-state index in [9.17, 15) is 27.2 Å². The maximum absolute atomic E-state index is 13.6. The first kappa shape index (κ1) is 17.5. The first-order valence-electron chi connectivity index (χ1n) is 6.77. The van der Waals surface area contributed by atoms with Crippen LogP contribution in [0.1, 0.15) is 15.9 Å². The topological polar surface area (TPSA) is 72.2 Å². The van der Waals surface area contributed by atoms with Crippen molar-refractivity contribution in [2.24, 2.45) is 5.73 Å². The van der Waals surface area contributed by atoms with Gasteiger partial charge in [0, 0.05) is 18.6 Å². The lowest BCUT2D eigenvalue weighted by Crippen LogP contribution is -2.46. The summed E-state index contributed by atoms with van der Waals surface area (Å²) < 4.78 is 52.9. The van der Waals surface area contributed by atoms with Crippen molar-refractivity contribution in [2.45, 2.75) is 12.5 Å². The van der Waals surface area contributed by atoms with Crippen molar-refractivity contribution in [3.63, 3.8) is 0 Å². The molecule has 0 aliphatic rings. The van der Waals surface area contributed by atoms with Gasteiger partial charge in [0.2, 0.25) is 5.91 Å². The molecule has 2 rings (SSSR count). The first-order valence-corrected chi connectivity index (χ1v) is 6.77. The number of nitrogens with two attached hydrogens (primary N) is 1. The predicted octanol–water partition coefficient (Wildman–Crippen LogP) is 2.07. The molecule has 0 aromatic heterocycles. The highest BCUT2D eigenvalue weighted by molar-refractivity contribution is 5.97. The molecule has 0 bridgehead atoms. The zero-order valence-electron chi connectivity index (χ0n) is 12.2. The Kier molecular flexibility index (Phi) is 5.18. The molecule has 24 heavy (non-hydrogen) atoms. The first-order chi connectivity index (χ1) is 11.3. The van der Waals surface area contributed by atoms with Gasteiger partial charge in [0.1, 0.15) is 34.9 Å². The van der Waals surface area contributed by atoms with E-state index in [0.717, 1.165) is 12.1 Å². The van der Waals surface area contributed by atoms with E-state index in [1.165, 1.54) is 12.1 Å². The van der Waals surface area contributed by atoms with Gasteiger partial charge in [-0.05, 0) is 17.7 Å². The van der Waals surface area contributed by atoms with Gasteiger partial charge in [-0.1, -0.05) is 12.1 Å². The summed E-state index contributed by atoms with van der Waals surface area (Å²) in [5.41, 5.74) is 4.61. The minimum atomic E-state index is -1.41. The third-order valence-corrected chi connectivity index (χ3v) is 3.24. The van der Waals surface area contributed by atoms with Gasteiger partial charge >= 0.3 is 0 Å². The minimum absolute atomic E-state index is 0.105. The van der Waals surface area contributed by atoms with Gasteiger partial charge in [-0.3, -0.25) is 9.59 Å². The molecule has 1 atom stereocenters. The van der Waals surface area contributed by atoms with E-state index in [-0.39, 0.29) is 6.42 Å². The summed E-state index contributed by atoms with van der Waals surface area (Å²) in [7, 11) is 0. The van der Waals surface area contributed by atoms with E-state index in [1.54, 1.807) is 0 Å². The monoisotopic (exact) mass is 340 g/mol. The highest BCUT2D eigenvalue weighted by Crippen LogP contribution is 2.15. The maximum Gasteiger partial charge on any atom is 0.257 e. The van der Waals surface area contributed by atoms with Crippen molar-refractivity contribution in [2.75, 3.05) is 0 Å². The Morgan fingerprint density at radius 3 is 2.00 bits per heavy atom. The number of carbonyl (C=O) groups is 2. The van der Waals surface area contributed by atoms with E-state index in [4.69, 9.17) is 5.73 Å². The third kappa shape index (κ3) is 4.09. The molecule has 0 heterocycles. The number of benzene rings is 2. The fraction of sp³-hybridized carbons (Fsp3) is 0.125. The second-order valence-corrected chi connectivity index (χ2v) is 5.00. The minimum Gasteiger partial charge on any atom is -0.368 e. The normalized spacial score (nSPS) is 11.8. The summed E-state index contributed by atoms with van der Waals surface area (Å²) in [4.78, 5) is 23.4. The Balaban J connectivity index is 2.20. The lowest BCUT2D eigenvalue weighted by molar-refractivity contribution is -0.119. The molecule has 2 aromatic rings. The zero-order valence-corrected chi connectivity index (χ0v) is 12.2. The standard InChI is InChI=1S/C16H12F4N2O2/c17-9-3-1-8(2-4-9)5-13(15(21)23)22-16(24)14-11(19)6-10(18)7-12(14)20/h1-4,6-7,13H,5H2,(H2,21,23)(H,22,24)/t13-/m0/s1. The molecule has 0 saturated carbocycles. The molecule has 126 valence electrons. The summed E-state index contributed by atoms with van der Waals surface area (Å²) >= 11 is 0.